The lowest BCUT2D eigenvalue weighted by molar-refractivity contribution is 5.64. The third-order valence-electron chi connectivity index (χ3n) is 0.283. The van der Waals surface area contributed by atoms with E-state index in [1.54, 1.807) is 88.4 Å². The summed E-state index contributed by atoms with van der Waals surface area (Å²) >= 11 is 8.01. The maximum atomic E-state index is 4.01. The Hall–Kier alpha value is 4.55. The molecule has 0 aromatic heterocycles. The summed E-state index contributed by atoms with van der Waals surface area (Å²) in [6, 6.07) is 0. The first kappa shape index (κ1) is 17.6. The summed E-state index contributed by atoms with van der Waals surface area (Å²) in [6.45, 7) is 0. The first-order chi connectivity index (χ1) is 6.41. The van der Waals surface area contributed by atoms with Crippen LogP contribution in [0.2, 0.25) is 0 Å². The van der Waals surface area contributed by atoms with Crippen LogP contribution in [0.4, 0.5) is 0 Å². The molecule has 13 heteroatoms. The molecule has 0 bridgehead atoms. The van der Waals surface area contributed by atoms with Crippen LogP contribution in [0.1, 0.15) is 0 Å². The molecule has 0 radical (unpaired) electrons. The van der Waals surface area contributed by atoms with Gasteiger partial charge < -0.3 is 0 Å². The molecule has 80 valence electrons. The van der Waals surface area contributed by atoms with E-state index in [1.807, 2.05) is 0 Å². The minimum atomic E-state index is 1.48. The minimum absolute atomic E-state index is 1.48. The first-order valence-electron chi connectivity index (χ1n) is 2.03. The molecular formula is H2S13. The SMILES string of the molecule is SSSSSSSSSSSSS. The van der Waals surface area contributed by atoms with Gasteiger partial charge in [0.05, 0.1) is 0 Å². The highest BCUT2D eigenvalue weighted by Crippen LogP contribution is 2.61. The van der Waals surface area contributed by atoms with Gasteiger partial charge in [-0.05, 0) is 108 Å². The average Bonchev–Trinajstić information content (AvgIpc) is 2.16. The van der Waals surface area contributed by atoms with Crippen LogP contribution in [-0.4, -0.2) is 0 Å². The Labute approximate surface area is 129 Å². The lowest BCUT2D eigenvalue weighted by atomic mass is 30.1. The van der Waals surface area contributed by atoms with Crippen molar-refractivity contribution in [2.45, 2.75) is 0 Å². The van der Waals surface area contributed by atoms with Gasteiger partial charge in [-0.3, -0.25) is 0 Å². The van der Waals surface area contributed by atoms with E-state index in [-0.39, 0.29) is 0 Å². The summed E-state index contributed by atoms with van der Waals surface area (Å²) in [5.74, 6) is 0. The minimum Gasteiger partial charge on any atom is -0.0988 e. The molecule has 0 nitrogen and oxygen atoms in total. The van der Waals surface area contributed by atoms with Crippen molar-refractivity contribution in [3.63, 3.8) is 0 Å². The van der Waals surface area contributed by atoms with Crippen molar-refractivity contribution in [2.24, 2.45) is 0 Å². The van der Waals surface area contributed by atoms with E-state index in [0.29, 0.717) is 0 Å². The van der Waals surface area contributed by atoms with Gasteiger partial charge in [-0.15, -0.1) is 0 Å². The molecule has 0 N–H and O–H groups in total. The molecule has 0 atom stereocenters. The van der Waals surface area contributed by atoms with Gasteiger partial charge in [0, 0.05) is 0 Å². The van der Waals surface area contributed by atoms with E-state index in [9.17, 15) is 0 Å². The van der Waals surface area contributed by atoms with Gasteiger partial charge >= 0.3 is 0 Å². The highest BCUT2D eigenvalue weighted by molar-refractivity contribution is 9.55. The van der Waals surface area contributed by atoms with E-state index in [0.717, 1.165) is 0 Å². The molecule has 0 rings (SSSR count). The fourth-order valence-electron chi connectivity index (χ4n) is 0.104. The lowest BCUT2D eigenvalue weighted by Crippen LogP contribution is -1.30. The maximum Gasteiger partial charge on any atom is -0.0000000000265 e. The molecule has 0 saturated carbocycles. The standard InChI is InChI=1S/H2S13/c1-3-5-7-9-11-13-12-10-8-6-4-2/h1-2H. The van der Waals surface area contributed by atoms with Gasteiger partial charge in [-0.25, -0.2) is 0 Å². The number of thiol groups is 2. The van der Waals surface area contributed by atoms with Gasteiger partial charge in [0.15, 0.2) is 0 Å². The molecule has 0 aliphatic rings. The molecule has 0 unspecified atom stereocenters. The predicted octanol–water partition coefficient (Wildman–Crippen LogP) is 7.89. The van der Waals surface area contributed by atoms with Crippen LogP contribution in [0.3, 0.4) is 0 Å². The Balaban J connectivity index is 2.76. The fourth-order valence-corrected chi connectivity index (χ4v) is 25.3. The summed E-state index contributed by atoms with van der Waals surface area (Å²) < 4.78 is 0. The predicted molar refractivity (Wildman–Crippen MR) is 101 cm³/mol. The molecule has 0 heterocycles. The number of hydrogen-bond acceptors (Lipinski definition) is 13. The number of rotatable bonds is 10. The second kappa shape index (κ2) is 16.6. The molecular weight excluding hydrogens is 417 g/mol. The Bertz CT molecular complexity index is 66.1. The summed E-state index contributed by atoms with van der Waals surface area (Å²) in [4.78, 5) is 0. The van der Waals surface area contributed by atoms with E-state index in [4.69, 9.17) is 0 Å². The quantitative estimate of drug-likeness (QED) is 0.202. The van der Waals surface area contributed by atoms with E-state index in [1.165, 1.54) is 19.7 Å². The Morgan fingerprint density at radius 1 is 0.385 bits per heavy atom. The van der Waals surface area contributed by atoms with Crippen molar-refractivity contribution in [3.8, 4) is 0 Å². The van der Waals surface area contributed by atoms with Crippen molar-refractivity contribution < 1.29 is 0 Å². The zero-order valence-electron chi connectivity index (χ0n) is 5.39. The van der Waals surface area contributed by atoms with Crippen molar-refractivity contribution in [1.82, 2.24) is 0 Å². The molecule has 0 aromatic carbocycles. The van der Waals surface area contributed by atoms with Crippen LogP contribution >= 0.6 is 131 Å². The van der Waals surface area contributed by atoms with Crippen LogP contribution in [0.15, 0.2) is 0 Å². The second-order valence-corrected chi connectivity index (χ2v) is 20.6. The van der Waals surface area contributed by atoms with Gasteiger partial charge in [0.2, 0.25) is 0 Å². The van der Waals surface area contributed by atoms with Crippen molar-refractivity contribution in [1.29, 1.82) is 0 Å². The molecule has 0 saturated heterocycles. The molecule has 0 amide bonds. The van der Waals surface area contributed by atoms with E-state index >= 15 is 0 Å². The Morgan fingerprint density at radius 2 is 0.615 bits per heavy atom. The summed E-state index contributed by atoms with van der Waals surface area (Å²) in [5.41, 5.74) is 0. The summed E-state index contributed by atoms with van der Waals surface area (Å²) in [5, 5.41) is 0. The molecule has 0 fully saturated rings. The molecule has 13 heavy (non-hydrogen) atoms. The van der Waals surface area contributed by atoms with Crippen LogP contribution in [0.5, 0.6) is 0 Å². The van der Waals surface area contributed by atoms with Crippen LogP contribution in [0, 0.1) is 0 Å². The number of hydrogen-bond donors (Lipinski definition) is 2. The lowest BCUT2D eigenvalue weighted by Gasteiger charge is -1.95. The Kier molecular flexibility index (Phi) is 22.3. The van der Waals surface area contributed by atoms with Gasteiger partial charge in [-0.1, -0.05) is 23.3 Å². The molecule has 0 aliphatic carbocycles. The van der Waals surface area contributed by atoms with Crippen molar-refractivity contribution in [3.05, 3.63) is 0 Å². The van der Waals surface area contributed by atoms with Crippen LogP contribution in [0.25, 0.3) is 0 Å². The van der Waals surface area contributed by atoms with Crippen molar-refractivity contribution in [2.75, 3.05) is 0 Å². The van der Waals surface area contributed by atoms with E-state index in [2.05, 4.69) is 23.3 Å². The normalized spacial score (nSPS) is 10.6. The topological polar surface area (TPSA) is 0 Å². The highest BCUT2D eigenvalue weighted by atomic mass is 34.0. The van der Waals surface area contributed by atoms with Gasteiger partial charge in [0.25, 0.3) is 0 Å². The van der Waals surface area contributed by atoms with Crippen LogP contribution in [-0.2, 0) is 0 Å². The summed E-state index contributed by atoms with van der Waals surface area (Å²) in [6.07, 6.45) is 0. The molecule has 0 spiro atoms. The van der Waals surface area contributed by atoms with Crippen LogP contribution < -0.4 is 0 Å². The third kappa shape index (κ3) is 16.6. The monoisotopic (exact) mass is 418 g/mol. The second-order valence-electron chi connectivity index (χ2n) is 0.761. The summed E-state index contributed by atoms with van der Waals surface area (Å²) in [7, 11) is 18.6. The smallest absolute Gasteiger partial charge is 0.0000000000265 e. The maximum absolute atomic E-state index is 4.01. The first-order valence-corrected chi connectivity index (χ1v) is 18.3. The molecule has 0 aromatic rings. The highest BCUT2D eigenvalue weighted by Gasteiger charge is 1.96. The molecule has 0 aliphatic heterocycles. The van der Waals surface area contributed by atoms with E-state index < -0.39 is 0 Å². The zero-order valence-corrected chi connectivity index (χ0v) is 16.2. The fraction of sp³-hybridized carbons (Fsp3) is 0. The van der Waals surface area contributed by atoms with Gasteiger partial charge in [-0.2, -0.15) is 0 Å². The third-order valence-corrected chi connectivity index (χ3v) is 22.9. The largest absolute Gasteiger partial charge is 0.0988 e. The average molecular weight is 419 g/mol. The zero-order chi connectivity index (χ0) is 9.78. The Morgan fingerprint density at radius 3 is 0.846 bits per heavy atom. The van der Waals surface area contributed by atoms with Gasteiger partial charge in [0.1, 0.15) is 0 Å². The van der Waals surface area contributed by atoms with Crippen molar-refractivity contribution >= 4 is 131 Å².